The van der Waals surface area contributed by atoms with Crippen LogP contribution in [-0.2, 0) is 7.05 Å². The number of imidazole rings is 1. The molecule has 2 aromatic carbocycles. The quantitative estimate of drug-likeness (QED) is 0.490. The number of hydrogen-bond acceptors (Lipinski definition) is 4. The topological polar surface area (TPSA) is 117 Å². The SMILES string of the molecule is Cn1cccc1C(=O)N1CCN(C(=O)c2ccc(-c3nc4c(C(N)=O)cccc4[nH]3)cc2)CC1. The molecule has 3 heterocycles. The fourth-order valence-electron chi connectivity index (χ4n) is 4.28. The molecule has 0 saturated carbocycles. The van der Waals surface area contributed by atoms with Gasteiger partial charge in [0.05, 0.1) is 11.1 Å². The van der Waals surface area contributed by atoms with Gasteiger partial charge in [-0.25, -0.2) is 4.98 Å². The van der Waals surface area contributed by atoms with Gasteiger partial charge in [0.1, 0.15) is 17.0 Å². The summed E-state index contributed by atoms with van der Waals surface area (Å²) in [5, 5.41) is 0. The summed E-state index contributed by atoms with van der Waals surface area (Å²) in [7, 11) is 1.85. The van der Waals surface area contributed by atoms with Crippen LogP contribution in [0, 0.1) is 0 Å². The number of nitrogens with two attached hydrogens (primary N) is 1. The highest BCUT2D eigenvalue weighted by Crippen LogP contribution is 2.23. The number of aryl methyl sites for hydroxylation is 1. The Morgan fingerprint density at radius 3 is 2.18 bits per heavy atom. The van der Waals surface area contributed by atoms with Crippen LogP contribution in [0.25, 0.3) is 22.4 Å². The number of H-pyrrole nitrogens is 1. The highest BCUT2D eigenvalue weighted by molar-refractivity contribution is 6.04. The van der Waals surface area contributed by atoms with Crippen molar-refractivity contribution in [2.45, 2.75) is 0 Å². The second-order valence-corrected chi connectivity index (χ2v) is 8.32. The zero-order valence-electron chi connectivity index (χ0n) is 18.7. The zero-order chi connectivity index (χ0) is 23.8. The third-order valence-electron chi connectivity index (χ3n) is 6.20. The minimum absolute atomic E-state index is 0.0192. The van der Waals surface area contributed by atoms with Crippen molar-refractivity contribution in [1.82, 2.24) is 24.3 Å². The predicted octanol–water partition coefficient (Wildman–Crippen LogP) is 2.27. The van der Waals surface area contributed by atoms with Gasteiger partial charge in [-0.15, -0.1) is 0 Å². The lowest BCUT2D eigenvalue weighted by atomic mass is 10.1. The van der Waals surface area contributed by atoms with Crippen LogP contribution in [0.1, 0.15) is 31.2 Å². The van der Waals surface area contributed by atoms with E-state index in [2.05, 4.69) is 9.97 Å². The van der Waals surface area contributed by atoms with Crippen molar-refractivity contribution in [3.63, 3.8) is 0 Å². The molecule has 0 radical (unpaired) electrons. The summed E-state index contributed by atoms with van der Waals surface area (Å²) < 4.78 is 1.80. The molecule has 0 atom stereocenters. The van der Waals surface area contributed by atoms with E-state index in [9.17, 15) is 14.4 Å². The molecule has 9 heteroatoms. The van der Waals surface area contributed by atoms with Crippen molar-refractivity contribution in [3.8, 4) is 11.4 Å². The van der Waals surface area contributed by atoms with E-state index >= 15 is 0 Å². The minimum Gasteiger partial charge on any atom is -0.366 e. The van der Waals surface area contributed by atoms with Crippen LogP contribution in [0.5, 0.6) is 0 Å². The van der Waals surface area contributed by atoms with Gasteiger partial charge in [0.15, 0.2) is 0 Å². The van der Waals surface area contributed by atoms with Crippen LogP contribution in [0.3, 0.4) is 0 Å². The van der Waals surface area contributed by atoms with Crippen molar-refractivity contribution in [1.29, 1.82) is 0 Å². The minimum atomic E-state index is -0.532. The molecule has 9 nitrogen and oxygen atoms in total. The molecule has 5 rings (SSSR count). The predicted molar refractivity (Wildman–Crippen MR) is 127 cm³/mol. The lowest BCUT2D eigenvalue weighted by Gasteiger charge is -2.34. The van der Waals surface area contributed by atoms with Gasteiger partial charge in [-0.2, -0.15) is 0 Å². The van der Waals surface area contributed by atoms with Gasteiger partial charge in [0.25, 0.3) is 17.7 Å². The lowest BCUT2D eigenvalue weighted by molar-refractivity contribution is 0.0530. The molecular formula is C25H24N6O3. The molecule has 1 saturated heterocycles. The number of carbonyl (C=O) groups excluding carboxylic acids is 3. The largest absolute Gasteiger partial charge is 0.366 e. The number of fused-ring (bicyclic) bond motifs is 1. The molecular weight excluding hydrogens is 432 g/mol. The Bertz CT molecular complexity index is 1390. The van der Waals surface area contributed by atoms with Crippen LogP contribution >= 0.6 is 0 Å². The summed E-state index contributed by atoms with van der Waals surface area (Å²) in [6.07, 6.45) is 1.85. The highest BCUT2D eigenvalue weighted by atomic mass is 16.2. The Morgan fingerprint density at radius 1 is 0.882 bits per heavy atom. The van der Waals surface area contributed by atoms with Crippen LogP contribution in [-0.4, -0.2) is 68.2 Å². The number of nitrogens with one attached hydrogen (secondary N) is 1. The average molecular weight is 457 g/mol. The molecule has 4 aromatic rings. The summed E-state index contributed by atoms with van der Waals surface area (Å²) in [6.45, 7) is 1.95. The Hall–Kier alpha value is -4.40. The van der Waals surface area contributed by atoms with Crippen molar-refractivity contribution in [2.75, 3.05) is 26.2 Å². The van der Waals surface area contributed by atoms with E-state index in [0.717, 1.165) is 5.56 Å². The zero-order valence-corrected chi connectivity index (χ0v) is 18.7. The van der Waals surface area contributed by atoms with E-state index in [0.29, 0.717) is 59.9 Å². The van der Waals surface area contributed by atoms with Gasteiger partial charge in [-0.3, -0.25) is 14.4 Å². The fraction of sp³-hybridized carbons (Fsp3) is 0.200. The van der Waals surface area contributed by atoms with Gasteiger partial charge in [-0.05, 0) is 36.4 Å². The van der Waals surface area contributed by atoms with Crippen LogP contribution < -0.4 is 5.73 Å². The maximum atomic E-state index is 13.0. The van der Waals surface area contributed by atoms with E-state index in [1.807, 2.05) is 37.5 Å². The first kappa shape index (κ1) is 21.4. The van der Waals surface area contributed by atoms with Crippen LogP contribution in [0.15, 0.2) is 60.8 Å². The van der Waals surface area contributed by atoms with Gasteiger partial charge in [0.2, 0.25) is 0 Å². The fourth-order valence-corrected chi connectivity index (χ4v) is 4.28. The standard InChI is InChI=1S/C25H24N6O3/c1-29-11-3-6-20(29)25(34)31-14-12-30(13-15-31)24(33)17-9-7-16(8-10-17)23-27-19-5-2-4-18(22(26)32)21(19)28-23/h2-11H,12-15H2,1H3,(H2,26,32)(H,27,28). The number of hydrogen-bond donors (Lipinski definition) is 2. The molecule has 0 bridgehead atoms. The molecule has 0 spiro atoms. The molecule has 1 aliphatic heterocycles. The first-order valence-electron chi connectivity index (χ1n) is 11.0. The average Bonchev–Trinajstić information content (AvgIpc) is 3.49. The van der Waals surface area contributed by atoms with Gasteiger partial charge in [0, 0.05) is 50.6 Å². The monoisotopic (exact) mass is 456 g/mol. The molecule has 3 N–H and O–H groups in total. The number of primary amides is 1. The number of aromatic nitrogens is 3. The van der Waals surface area contributed by atoms with Gasteiger partial charge < -0.3 is 25.1 Å². The van der Waals surface area contributed by atoms with E-state index in [4.69, 9.17) is 5.73 Å². The summed E-state index contributed by atoms with van der Waals surface area (Å²) in [5.74, 6) is -0.0297. The summed E-state index contributed by atoms with van der Waals surface area (Å²) >= 11 is 0. The first-order valence-corrected chi connectivity index (χ1v) is 11.0. The maximum absolute atomic E-state index is 13.0. The van der Waals surface area contributed by atoms with Crippen LogP contribution in [0.2, 0.25) is 0 Å². The van der Waals surface area contributed by atoms with Crippen LogP contribution in [0.4, 0.5) is 0 Å². The normalized spacial score (nSPS) is 13.9. The number of aromatic amines is 1. The molecule has 1 aliphatic rings. The Kier molecular flexibility index (Phi) is 5.37. The number of piperazine rings is 1. The first-order chi connectivity index (χ1) is 16.4. The third-order valence-corrected chi connectivity index (χ3v) is 6.20. The number of benzene rings is 2. The maximum Gasteiger partial charge on any atom is 0.270 e. The van der Waals surface area contributed by atoms with E-state index in [1.165, 1.54) is 0 Å². The number of para-hydroxylation sites is 1. The smallest absolute Gasteiger partial charge is 0.270 e. The number of carbonyl (C=O) groups is 3. The molecule has 1 fully saturated rings. The molecule has 2 aromatic heterocycles. The molecule has 172 valence electrons. The molecule has 3 amide bonds. The Labute approximate surface area is 195 Å². The molecule has 0 unspecified atom stereocenters. The number of rotatable bonds is 4. The van der Waals surface area contributed by atoms with E-state index in [-0.39, 0.29) is 11.8 Å². The van der Waals surface area contributed by atoms with E-state index in [1.54, 1.807) is 44.7 Å². The molecule has 0 aliphatic carbocycles. The van der Waals surface area contributed by atoms with Gasteiger partial charge >= 0.3 is 0 Å². The summed E-state index contributed by atoms with van der Waals surface area (Å²) in [4.78, 5) is 48.6. The van der Waals surface area contributed by atoms with E-state index < -0.39 is 5.91 Å². The molecule has 34 heavy (non-hydrogen) atoms. The number of amides is 3. The Balaban J connectivity index is 1.27. The second-order valence-electron chi connectivity index (χ2n) is 8.32. The highest BCUT2D eigenvalue weighted by Gasteiger charge is 2.26. The summed E-state index contributed by atoms with van der Waals surface area (Å²) in [5.41, 5.74) is 9.05. The lowest BCUT2D eigenvalue weighted by Crippen LogP contribution is -2.50. The van der Waals surface area contributed by atoms with Crippen molar-refractivity contribution in [3.05, 3.63) is 77.6 Å². The van der Waals surface area contributed by atoms with Crippen molar-refractivity contribution >= 4 is 28.8 Å². The third kappa shape index (κ3) is 3.81. The van der Waals surface area contributed by atoms with Gasteiger partial charge in [-0.1, -0.05) is 18.2 Å². The van der Waals surface area contributed by atoms with Crippen molar-refractivity contribution in [2.24, 2.45) is 12.8 Å². The number of nitrogens with zero attached hydrogens (tertiary/aromatic N) is 4. The summed E-state index contributed by atoms with van der Waals surface area (Å²) in [6, 6.07) is 16.1. The van der Waals surface area contributed by atoms with Crippen molar-refractivity contribution < 1.29 is 14.4 Å². The Morgan fingerprint density at radius 2 is 1.56 bits per heavy atom. The second kappa shape index (κ2) is 8.51.